The Kier molecular flexibility index (Phi) is 5.61. The first-order chi connectivity index (χ1) is 15.2. The van der Waals surface area contributed by atoms with Gasteiger partial charge in [0.05, 0.1) is 6.20 Å². The van der Waals surface area contributed by atoms with Crippen LogP contribution < -0.4 is 9.47 Å². The summed E-state index contributed by atoms with van der Waals surface area (Å²) in [5, 5.41) is 0.483. The zero-order valence-corrected chi connectivity index (χ0v) is 18.3. The number of nitrogens with zero attached hydrogens (tertiary/aromatic N) is 3. The van der Waals surface area contributed by atoms with Crippen LogP contribution in [0.15, 0.2) is 54.7 Å². The van der Waals surface area contributed by atoms with Crippen LogP contribution in [0.2, 0.25) is 0 Å². The molecule has 0 bridgehead atoms. The minimum Gasteiger partial charge on any atom is -0.485 e. The second kappa shape index (κ2) is 8.69. The minimum absolute atomic E-state index is 0.0336. The lowest BCUT2D eigenvalue weighted by Crippen LogP contribution is -2.46. The van der Waals surface area contributed by atoms with E-state index < -0.39 is 0 Å². The molecule has 0 radical (unpaired) electrons. The van der Waals surface area contributed by atoms with Crippen molar-refractivity contribution in [3.8, 4) is 16.7 Å². The molecule has 2 aromatic carbocycles. The second-order valence-corrected chi connectivity index (χ2v) is 9.01. The molecular formula is C24H25N3O3S. The molecule has 160 valence electrons. The Morgan fingerprint density at radius 2 is 1.94 bits per heavy atom. The van der Waals surface area contributed by atoms with Gasteiger partial charge in [-0.3, -0.25) is 4.79 Å². The first-order valence-corrected chi connectivity index (χ1v) is 11.4. The average Bonchev–Trinajstić information content (AvgIpc) is 3.28. The van der Waals surface area contributed by atoms with Gasteiger partial charge < -0.3 is 19.3 Å². The lowest BCUT2D eigenvalue weighted by Gasteiger charge is -2.31. The normalized spacial score (nSPS) is 18.9. The van der Waals surface area contributed by atoms with Crippen LogP contribution in [0.25, 0.3) is 0 Å². The third-order valence-electron chi connectivity index (χ3n) is 5.84. The van der Waals surface area contributed by atoms with Crippen molar-refractivity contribution in [1.82, 2.24) is 14.8 Å². The van der Waals surface area contributed by atoms with Gasteiger partial charge in [-0.15, -0.1) is 0 Å². The number of thiazole rings is 1. The molecule has 0 aliphatic carbocycles. The van der Waals surface area contributed by atoms with Crippen molar-refractivity contribution >= 4 is 17.2 Å². The Morgan fingerprint density at radius 1 is 1.13 bits per heavy atom. The van der Waals surface area contributed by atoms with Crippen molar-refractivity contribution in [1.29, 1.82) is 0 Å². The Balaban J connectivity index is 1.24. The fraction of sp³-hybridized carbons (Fsp3) is 0.333. The van der Waals surface area contributed by atoms with E-state index in [0.29, 0.717) is 15.8 Å². The van der Waals surface area contributed by atoms with Crippen molar-refractivity contribution in [2.75, 3.05) is 33.2 Å². The molecule has 0 unspecified atom stereocenters. The van der Waals surface area contributed by atoms with Crippen LogP contribution in [0.5, 0.6) is 16.7 Å². The number of hydrogen-bond donors (Lipinski definition) is 0. The van der Waals surface area contributed by atoms with Gasteiger partial charge in [-0.2, -0.15) is 0 Å². The standard InChI is InChI=1S/C24H25N3O3S/c1-26-11-13-27(14-12-26)23(28)22-16-25-24(31-22)29-19-8-10-21-18(15-19)7-9-20(30-21)17-5-3-2-4-6-17/h2-6,8,10,15-16,20H,7,9,11-14H2,1H3/t20-/m0/s1. The summed E-state index contributed by atoms with van der Waals surface area (Å²) in [6.07, 6.45) is 3.56. The smallest absolute Gasteiger partial charge is 0.279 e. The van der Waals surface area contributed by atoms with E-state index in [0.717, 1.165) is 50.3 Å². The molecule has 0 saturated carbocycles. The first-order valence-electron chi connectivity index (χ1n) is 10.6. The average molecular weight is 436 g/mol. The van der Waals surface area contributed by atoms with Crippen LogP contribution in [0.1, 0.15) is 33.3 Å². The van der Waals surface area contributed by atoms with Gasteiger partial charge in [0.2, 0.25) is 0 Å². The molecule has 31 heavy (non-hydrogen) atoms. The van der Waals surface area contributed by atoms with Crippen molar-refractivity contribution < 1.29 is 14.3 Å². The Bertz CT molecular complexity index is 1060. The van der Waals surface area contributed by atoms with Gasteiger partial charge in [0.25, 0.3) is 11.1 Å². The number of rotatable bonds is 4. The van der Waals surface area contributed by atoms with Crippen LogP contribution in [-0.2, 0) is 6.42 Å². The zero-order valence-electron chi connectivity index (χ0n) is 17.5. The monoisotopic (exact) mass is 435 g/mol. The van der Waals surface area contributed by atoms with E-state index in [2.05, 4.69) is 29.1 Å². The van der Waals surface area contributed by atoms with Crippen molar-refractivity contribution in [3.05, 3.63) is 70.7 Å². The van der Waals surface area contributed by atoms with Gasteiger partial charge in [-0.05, 0) is 49.2 Å². The third kappa shape index (κ3) is 4.43. The van der Waals surface area contributed by atoms with Gasteiger partial charge in [0.1, 0.15) is 22.5 Å². The van der Waals surface area contributed by atoms with Gasteiger partial charge in [0.15, 0.2) is 0 Å². The number of carbonyl (C=O) groups is 1. The molecule has 2 aliphatic rings. The van der Waals surface area contributed by atoms with Gasteiger partial charge >= 0.3 is 0 Å². The van der Waals surface area contributed by atoms with Gasteiger partial charge in [-0.25, -0.2) is 4.98 Å². The van der Waals surface area contributed by atoms with E-state index in [1.165, 1.54) is 16.9 Å². The fourth-order valence-corrected chi connectivity index (χ4v) is 4.75. The molecule has 2 aliphatic heterocycles. The number of hydrogen-bond acceptors (Lipinski definition) is 6. The highest BCUT2D eigenvalue weighted by molar-refractivity contribution is 7.15. The Labute approximate surface area is 186 Å². The minimum atomic E-state index is 0.0336. The molecular weight excluding hydrogens is 410 g/mol. The molecule has 3 aromatic rings. The number of amides is 1. The molecule has 1 fully saturated rings. The number of aryl methyl sites for hydroxylation is 1. The lowest BCUT2D eigenvalue weighted by atomic mass is 9.97. The topological polar surface area (TPSA) is 54.9 Å². The van der Waals surface area contributed by atoms with Crippen LogP contribution in [0.3, 0.4) is 0 Å². The van der Waals surface area contributed by atoms with Gasteiger partial charge in [-0.1, -0.05) is 41.7 Å². The molecule has 3 heterocycles. The molecule has 0 N–H and O–H groups in total. The second-order valence-electron chi connectivity index (χ2n) is 8.01. The number of likely N-dealkylation sites (N-methyl/N-ethyl adjacent to an activating group) is 1. The van der Waals surface area contributed by atoms with Crippen molar-refractivity contribution in [3.63, 3.8) is 0 Å². The molecule has 1 aromatic heterocycles. The maximum Gasteiger partial charge on any atom is 0.279 e. The molecule has 5 rings (SSSR count). The Hall–Kier alpha value is -2.90. The Morgan fingerprint density at radius 3 is 2.74 bits per heavy atom. The van der Waals surface area contributed by atoms with E-state index in [9.17, 15) is 4.79 Å². The number of ether oxygens (including phenoxy) is 2. The summed E-state index contributed by atoms with van der Waals surface area (Å²) in [4.78, 5) is 21.8. The van der Waals surface area contributed by atoms with Gasteiger partial charge in [0, 0.05) is 26.2 Å². The summed E-state index contributed by atoms with van der Waals surface area (Å²) in [6, 6.07) is 16.2. The zero-order chi connectivity index (χ0) is 21.2. The summed E-state index contributed by atoms with van der Waals surface area (Å²) in [7, 11) is 2.08. The number of fused-ring (bicyclic) bond motifs is 1. The number of piperazine rings is 1. The summed E-state index contributed by atoms with van der Waals surface area (Å²) >= 11 is 1.30. The van der Waals surface area contributed by atoms with Crippen LogP contribution in [0.4, 0.5) is 0 Å². The highest BCUT2D eigenvalue weighted by atomic mass is 32.1. The molecule has 1 saturated heterocycles. The number of carbonyl (C=O) groups excluding carboxylic acids is 1. The molecule has 1 atom stereocenters. The SMILES string of the molecule is CN1CCN(C(=O)c2cnc(Oc3ccc4c(c3)CC[C@@H](c3ccccc3)O4)s2)CC1. The van der Waals surface area contributed by atoms with Crippen molar-refractivity contribution in [2.24, 2.45) is 0 Å². The maximum absolute atomic E-state index is 12.7. The van der Waals surface area contributed by atoms with E-state index in [1.807, 2.05) is 41.3 Å². The summed E-state index contributed by atoms with van der Waals surface area (Å²) < 4.78 is 12.2. The molecule has 7 heteroatoms. The fourth-order valence-electron chi connectivity index (χ4n) is 4.00. The lowest BCUT2D eigenvalue weighted by molar-refractivity contribution is 0.0668. The highest BCUT2D eigenvalue weighted by Gasteiger charge is 2.24. The predicted molar refractivity (Wildman–Crippen MR) is 120 cm³/mol. The van der Waals surface area contributed by atoms with E-state index in [1.54, 1.807) is 6.20 Å². The number of aromatic nitrogens is 1. The molecule has 0 spiro atoms. The van der Waals surface area contributed by atoms with E-state index >= 15 is 0 Å². The first kappa shape index (κ1) is 20.0. The predicted octanol–water partition coefficient (Wildman–Crippen LogP) is 4.39. The molecule has 6 nitrogen and oxygen atoms in total. The van der Waals surface area contributed by atoms with E-state index in [-0.39, 0.29) is 12.0 Å². The molecule has 1 amide bonds. The van der Waals surface area contributed by atoms with Crippen molar-refractivity contribution in [2.45, 2.75) is 18.9 Å². The summed E-state index contributed by atoms with van der Waals surface area (Å²) in [5.74, 6) is 1.65. The number of benzene rings is 2. The quantitative estimate of drug-likeness (QED) is 0.608. The van der Waals surface area contributed by atoms with Crippen LogP contribution >= 0.6 is 11.3 Å². The van der Waals surface area contributed by atoms with Crippen LogP contribution in [-0.4, -0.2) is 53.9 Å². The maximum atomic E-state index is 12.7. The highest BCUT2D eigenvalue weighted by Crippen LogP contribution is 2.38. The third-order valence-corrected chi connectivity index (χ3v) is 6.70. The summed E-state index contributed by atoms with van der Waals surface area (Å²) in [5.41, 5.74) is 2.34. The largest absolute Gasteiger partial charge is 0.485 e. The van der Waals surface area contributed by atoms with Crippen LogP contribution in [0, 0.1) is 0 Å². The summed E-state index contributed by atoms with van der Waals surface area (Å²) in [6.45, 7) is 3.29. The van der Waals surface area contributed by atoms with E-state index in [4.69, 9.17) is 9.47 Å².